The minimum atomic E-state index is 0.486. The van der Waals surface area contributed by atoms with E-state index in [0.717, 1.165) is 13.1 Å². The van der Waals surface area contributed by atoms with E-state index in [4.69, 9.17) is 0 Å². The molecule has 0 amide bonds. The van der Waals surface area contributed by atoms with Gasteiger partial charge in [0.25, 0.3) is 0 Å². The Kier molecular flexibility index (Phi) is 5.84. The molecule has 1 heterocycles. The van der Waals surface area contributed by atoms with Gasteiger partial charge in [-0.1, -0.05) is 66.7 Å². The Hall–Kier alpha value is -2.35. The molecule has 0 bridgehead atoms. The summed E-state index contributed by atoms with van der Waals surface area (Å²) in [6, 6.07) is 21.9. The first-order valence-corrected chi connectivity index (χ1v) is 8.83. The van der Waals surface area contributed by atoms with Gasteiger partial charge < -0.3 is 4.90 Å². The zero-order chi connectivity index (χ0) is 16.6. The van der Waals surface area contributed by atoms with E-state index in [1.807, 2.05) is 12.4 Å². The van der Waals surface area contributed by atoms with E-state index in [0.29, 0.717) is 18.4 Å². The summed E-state index contributed by atoms with van der Waals surface area (Å²) >= 11 is 0. The van der Waals surface area contributed by atoms with Gasteiger partial charge in [0.1, 0.15) is 0 Å². The molecule has 0 aromatic heterocycles. The maximum atomic E-state index is 4.38. The van der Waals surface area contributed by atoms with Gasteiger partial charge in [-0.3, -0.25) is 4.99 Å². The normalized spacial score (nSPS) is 16.0. The van der Waals surface area contributed by atoms with Crippen LogP contribution in [0.4, 0.5) is 0 Å². The van der Waals surface area contributed by atoms with E-state index < -0.39 is 0 Å². The zero-order valence-corrected chi connectivity index (χ0v) is 14.2. The molecule has 0 N–H and O–H groups in total. The quantitative estimate of drug-likeness (QED) is 0.426. The van der Waals surface area contributed by atoms with Crippen molar-refractivity contribution in [1.82, 2.24) is 4.90 Å². The van der Waals surface area contributed by atoms with Crippen LogP contribution in [0.25, 0.3) is 0 Å². The van der Waals surface area contributed by atoms with Crippen LogP contribution in [0.15, 0.2) is 78.3 Å². The number of benzene rings is 2. The highest BCUT2D eigenvalue weighted by molar-refractivity contribution is 5.55. The fraction of sp³-hybridized carbons (Fsp3) is 0.318. The van der Waals surface area contributed by atoms with Crippen LogP contribution < -0.4 is 0 Å². The monoisotopic (exact) mass is 318 g/mol. The van der Waals surface area contributed by atoms with Crippen molar-refractivity contribution < 1.29 is 0 Å². The first-order valence-electron chi connectivity index (χ1n) is 8.83. The van der Waals surface area contributed by atoms with Crippen LogP contribution >= 0.6 is 0 Å². The highest BCUT2D eigenvalue weighted by Gasteiger charge is 2.28. The number of nitrogens with zero attached hydrogens (tertiary/aromatic N) is 2. The molecule has 1 fully saturated rings. The van der Waals surface area contributed by atoms with Gasteiger partial charge in [-0.25, -0.2) is 0 Å². The molecule has 1 saturated heterocycles. The van der Waals surface area contributed by atoms with E-state index in [2.05, 4.69) is 77.1 Å². The van der Waals surface area contributed by atoms with Gasteiger partial charge in [0.15, 0.2) is 0 Å². The lowest BCUT2D eigenvalue weighted by atomic mass is 9.76. The summed E-state index contributed by atoms with van der Waals surface area (Å²) in [4.78, 5) is 6.72. The molecule has 1 aliphatic rings. The lowest BCUT2D eigenvalue weighted by Gasteiger charge is -2.36. The standard InChI is InChI=1S/C22H26N2/c1-2-15-23-18-24-16-13-21(14-17-24)22(19-9-5-3-6-10-19)20-11-7-4-8-12-20/h2-12,18,21-22H,1,13-17H2. The predicted molar refractivity (Wildman–Crippen MR) is 103 cm³/mol. The molecule has 0 radical (unpaired) electrons. The van der Waals surface area contributed by atoms with Crippen molar-refractivity contribution in [1.29, 1.82) is 0 Å². The maximum Gasteiger partial charge on any atom is 0.0853 e. The van der Waals surface area contributed by atoms with Crippen LogP contribution in [-0.2, 0) is 0 Å². The second kappa shape index (κ2) is 8.49. The third-order valence-corrected chi connectivity index (χ3v) is 4.84. The van der Waals surface area contributed by atoms with E-state index >= 15 is 0 Å². The van der Waals surface area contributed by atoms with Crippen molar-refractivity contribution in [2.45, 2.75) is 18.8 Å². The third-order valence-electron chi connectivity index (χ3n) is 4.84. The van der Waals surface area contributed by atoms with Crippen LogP contribution in [0.2, 0.25) is 0 Å². The molecule has 0 spiro atoms. The minimum Gasteiger partial charge on any atom is -0.363 e. The average Bonchev–Trinajstić information content (AvgIpc) is 2.65. The molecule has 2 aromatic carbocycles. The van der Waals surface area contributed by atoms with E-state index in [1.54, 1.807) is 0 Å². The zero-order valence-electron chi connectivity index (χ0n) is 14.2. The smallest absolute Gasteiger partial charge is 0.0853 e. The number of hydrogen-bond acceptors (Lipinski definition) is 1. The summed E-state index contributed by atoms with van der Waals surface area (Å²) in [5, 5.41) is 0. The third kappa shape index (κ3) is 4.14. The van der Waals surface area contributed by atoms with Gasteiger partial charge in [0.05, 0.1) is 12.9 Å². The van der Waals surface area contributed by atoms with Crippen molar-refractivity contribution in [2.75, 3.05) is 19.6 Å². The first-order chi connectivity index (χ1) is 11.9. The SMILES string of the molecule is C=CCN=CN1CCC(C(c2ccccc2)c2ccccc2)CC1. The van der Waals surface area contributed by atoms with Crippen molar-refractivity contribution in [2.24, 2.45) is 10.9 Å². The molecule has 0 saturated carbocycles. The Labute approximate surface area is 145 Å². The van der Waals surface area contributed by atoms with Gasteiger partial charge in [-0.15, -0.1) is 6.58 Å². The number of piperidine rings is 1. The topological polar surface area (TPSA) is 15.6 Å². The largest absolute Gasteiger partial charge is 0.363 e. The number of aliphatic imine (C=N–C) groups is 1. The summed E-state index contributed by atoms with van der Waals surface area (Å²) in [5.74, 6) is 1.17. The molecule has 0 unspecified atom stereocenters. The van der Waals surface area contributed by atoms with Gasteiger partial charge in [0.2, 0.25) is 0 Å². The molecule has 124 valence electrons. The summed E-state index contributed by atoms with van der Waals surface area (Å²) in [5.41, 5.74) is 2.87. The van der Waals surface area contributed by atoms with Gasteiger partial charge in [0, 0.05) is 19.0 Å². The molecule has 24 heavy (non-hydrogen) atoms. The molecule has 0 atom stereocenters. The number of hydrogen-bond donors (Lipinski definition) is 0. The van der Waals surface area contributed by atoms with Crippen molar-refractivity contribution in [3.63, 3.8) is 0 Å². The lowest BCUT2D eigenvalue weighted by Crippen LogP contribution is -2.35. The molecule has 0 aliphatic carbocycles. The lowest BCUT2D eigenvalue weighted by molar-refractivity contribution is 0.254. The molecule has 2 heteroatoms. The first kappa shape index (κ1) is 16.5. The van der Waals surface area contributed by atoms with Crippen molar-refractivity contribution in [3.8, 4) is 0 Å². The highest BCUT2D eigenvalue weighted by Crippen LogP contribution is 2.37. The molecular weight excluding hydrogens is 292 g/mol. The molecule has 3 rings (SSSR count). The minimum absolute atomic E-state index is 0.486. The fourth-order valence-electron chi connectivity index (χ4n) is 3.66. The summed E-state index contributed by atoms with van der Waals surface area (Å²) in [6.45, 7) is 6.59. The van der Waals surface area contributed by atoms with E-state index in [9.17, 15) is 0 Å². The van der Waals surface area contributed by atoms with Gasteiger partial charge in [-0.05, 0) is 29.9 Å². The van der Waals surface area contributed by atoms with Crippen LogP contribution in [0.5, 0.6) is 0 Å². The summed E-state index contributed by atoms with van der Waals surface area (Å²) in [6.07, 6.45) is 6.24. The van der Waals surface area contributed by atoms with Crippen LogP contribution in [0.3, 0.4) is 0 Å². The molecular formula is C22H26N2. The van der Waals surface area contributed by atoms with Crippen molar-refractivity contribution in [3.05, 3.63) is 84.4 Å². The van der Waals surface area contributed by atoms with E-state index in [-0.39, 0.29) is 0 Å². The Morgan fingerprint density at radius 3 is 2.00 bits per heavy atom. The molecule has 2 nitrogen and oxygen atoms in total. The van der Waals surface area contributed by atoms with Crippen LogP contribution in [-0.4, -0.2) is 30.9 Å². The van der Waals surface area contributed by atoms with Crippen molar-refractivity contribution >= 4 is 6.34 Å². The van der Waals surface area contributed by atoms with E-state index in [1.165, 1.54) is 24.0 Å². The fourth-order valence-corrected chi connectivity index (χ4v) is 3.66. The molecule has 1 aliphatic heterocycles. The van der Waals surface area contributed by atoms with Gasteiger partial charge >= 0.3 is 0 Å². The Bertz CT molecular complexity index is 601. The number of likely N-dealkylation sites (tertiary alicyclic amines) is 1. The average molecular weight is 318 g/mol. The van der Waals surface area contributed by atoms with Crippen LogP contribution in [0, 0.1) is 5.92 Å². The number of rotatable bonds is 6. The Balaban J connectivity index is 1.75. The Morgan fingerprint density at radius 1 is 0.958 bits per heavy atom. The second-order valence-electron chi connectivity index (χ2n) is 6.44. The predicted octanol–water partition coefficient (Wildman–Crippen LogP) is 4.74. The summed E-state index contributed by atoms with van der Waals surface area (Å²) in [7, 11) is 0. The Morgan fingerprint density at radius 2 is 1.50 bits per heavy atom. The highest BCUT2D eigenvalue weighted by atomic mass is 15.1. The second-order valence-corrected chi connectivity index (χ2v) is 6.44. The van der Waals surface area contributed by atoms with Crippen LogP contribution in [0.1, 0.15) is 29.9 Å². The molecule has 2 aromatic rings. The van der Waals surface area contributed by atoms with Gasteiger partial charge in [-0.2, -0.15) is 0 Å². The summed E-state index contributed by atoms with van der Waals surface area (Å²) < 4.78 is 0. The maximum absolute atomic E-state index is 4.38.